The minimum atomic E-state index is -3.47. The van der Waals surface area contributed by atoms with Crippen LogP contribution >= 0.6 is 0 Å². The smallest absolute Gasteiger partial charge is 0.240 e. The van der Waals surface area contributed by atoms with Crippen LogP contribution in [0.4, 0.5) is 5.69 Å². The lowest BCUT2D eigenvalue weighted by Gasteiger charge is -2.32. The van der Waals surface area contributed by atoms with Crippen molar-refractivity contribution in [1.29, 1.82) is 0 Å². The molecule has 27 heavy (non-hydrogen) atoms. The lowest BCUT2D eigenvalue weighted by molar-refractivity contribution is 0.209. The molecule has 146 valence electrons. The van der Waals surface area contributed by atoms with E-state index in [0.29, 0.717) is 4.90 Å². The normalized spacial score (nSPS) is 16.4. The Hall–Kier alpha value is -1.96. The number of anilines is 1. The second kappa shape index (κ2) is 8.82. The molecule has 1 aliphatic rings. The summed E-state index contributed by atoms with van der Waals surface area (Å²) in [5.74, 6) is 0. The Labute approximate surface area is 162 Å². The van der Waals surface area contributed by atoms with Gasteiger partial charge in [-0.2, -0.15) is 0 Å². The standard InChI is InChI=1S/C20H28N4O2S/c1-16-4-3-5-18(22-16)10-13-24-14-11-19(12-15-24)23-27(25,26)20-8-6-17(21-2)7-9-20/h3-9,19,21,23H,10-15H2,1-2H3. The molecular formula is C20H28N4O2S. The third-order valence-electron chi connectivity index (χ3n) is 4.99. The number of sulfonamides is 1. The maximum Gasteiger partial charge on any atom is 0.240 e. The van der Waals surface area contributed by atoms with E-state index in [-0.39, 0.29) is 6.04 Å². The monoisotopic (exact) mass is 388 g/mol. The fraction of sp³-hybridized carbons (Fsp3) is 0.450. The van der Waals surface area contributed by atoms with Gasteiger partial charge in [-0.25, -0.2) is 13.1 Å². The fourth-order valence-corrected chi connectivity index (χ4v) is 4.68. The summed E-state index contributed by atoms with van der Waals surface area (Å²) in [6, 6.07) is 12.9. The molecule has 1 saturated heterocycles. The molecule has 0 atom stereocenters. The van der Waals surface area contributed by atoms with Gasteiger partial charge in [0.05, 0.1) is 4.90 Å². The third-order valence-corrected chi connectivity index (χ3v) is 6.53. The van der Waals surface area contributed by atoms with Gasteiger partial charge < -0.3 is 10.2 Å². The fourth-order valence-electron chi connectivity index (χ4n) is 3.37. The number of likely N-dealkylation sites (tertiary alicyclic amines) is 1. The molecule has 2 N–H and O–H groups in total. The van der Waals surface area contributed by atoms with Gasteiger partial charge in [0.15, 0.2) is 0 Å². The van der Waals surface area contributed by atoms with Gasteiger partial charge in [0.1, 0.15) is 0 Å². The van der Waals surface area contributed by atoms with Crippen molar-refractivity contribution in [1.82, 2.24) is 14.6 Å². The summed E-state index contributed by atoms with van der Waals surface area (Å²) in [4.78, 5) is 7.24. The maximum atomic E-state index is 12.6. The minimum absolute atomic E-state index is 0.00711. The van der Waals surface area contributed by atoms with Crippen LogP contribution in [-0.2, 0) is 16.4 Å². The summed E-state index contributed by atoms with van der Waals surface area (Å²) >= 11 is 0. The van der Waals surface area contributed by atoms with Gasteiger partial charge >= 0.3 is 0 Å². The number of pyridine rings is 1. The average molecular weight is 389 g/mol. The second-order valence-electron chi connectivity index (χ2n) is 7.03. The van der Waals surface area contributed by atoms with Crippen LogP contribution in [-0.4, -0.2) is 51.0 Å². The molecule has 1 aromatic heterocycles. The summed E-state index contributed by atoms with van der Waals surface area (Å²) in [6.07, 6.45) is 2.58. The Kier molecular flexibility index (Phi) is 6.46. The van der Waals surface area contributed by atoms with Gasteiger partial charge in [-0.15, -0.1) is 0 Å². The molecule has 0 bridgehead atoms. The van der Waals surface area contributed by atoms with Gasteiger partial charge in [0.25, 0.3) is 0 Å². The SMILES string of the molecule is CNc1ccc(S(=O)(=O)NC2CCN(CCc3cccc(C)n3)CC2)cc1. The van der Waals surface area contributed by atoms with E-state index in [0.717, 1.165) is 56.0 Å². The first-order chi connectivity index (χ1) is 13.0. The van der Waals surface area contributed by atoms with Gasteiger partial charge in [-0.3, -0.25) is 4.98 Å². The second-order valence-corrected chi connectivity index (χ2v) is 8.75. The zero-order valence-electron chi connectivity index (χ0n) is 16.0. The molecule has 7 heteroatoms. The molecule has 6 nitrogen and oxygen atoms in total. The highest BCUT2D eigenvalue weighted by Crippen LogP contribution is 2.17. The third kappa shape index (κ3) is 5.51. The first-order valence-electron chi connectivity index (χ1n) is 9.41. The lowest BCUT2D eigenvalue weighted by Crippen LogP contribution is -2.45. The number of nitrogens with zero attached hydrogens (tertiary/aromatic N) is 2. The molecule has 2 aromatic rings. The van der Waals surface area contributed by atoms with E-state index in [9.17, 15) is 8.42 Å². The zero-order valence-corrected chi connectivity index (χ0v) is 16.8. The maximum absolute atomic E-state index is 12.6. The number of hydrogen-bond acceptors (Lipinski definition) is 5. The molecule has 0 spiro atoms. The predicted molar refractivity (Wildman–Crippen MR) is 108 cm³/mol. The number of nitrogens with one attached hydrogen (secondary N) is 2. The molecule has 1 aliphatic heterocycles. The van der Waals surface area contributed by atoms with Crippen LogP contribution in [0.3, 0.4) is 0 Å². The molecule has 0 saturated carbocycles. The van der Waals surface area contributed by atoms with Crippen molar-refractivity contribution in [2.75, 3.05) is 32.0 Å². The summed E-state index contributed by atoms with van der Waals surface area (Å²) < 4.78 is 28.0. The van der Waals surface area contributed by atoms with Gasteiger partial charge in [0, 0.05) is 43.1 Å². The highest BCUT2D eigenvalue weighted by Gasteiger charge is 2.24. The van der Waals surface area contributed by atoms with E-state index in [1.807, 2.05) is 26.1 Å². The molecule has 0 amide bonds. The Morgan fingerprint density at radius 3 is 2.44 bits per heavy atom. The summed E-state index contributed by atoms with van der Waals surface area (Å²) in [5.41, 5.74) is 3.05. The number of piperidine rings is 1. The number of aryl methyl sites for hydroxylation is 1. The van der Waals surface area contributed by atoms with E-state index in [1.54, 1.807) is 24.3 Å². The Balaban J connectivity index is 1.48. The predicted octanol–water partition coefficient (Wildman–Crippen LogP) is 2.42. The van der Waals surface area contributed by atoms with Gasteiger partial charge in [-0.1, -0.05) is 6.07 Å². The van der Waals surface area contributed by atoms with Crippen LogP contribution in [0.25, 0.3) is 0 Å². The van der Waals surface area contributed by atoms with Gasteiger partial charge in [-0.05, 0) is 69.3 Å². The van der Waals surface area contributed by atoms with E-state index >= 15 is 0 Å². The first-order valence-corrected chi connectivity index (χ1v) is 10.9. The lowest BCUT2D eigenvalue weighted by atomic mass is 10.1. The number of benzene rings is 1. The van der Waals surface area contributed by atoms with Crippen molar-refractivity contribution in [3.8, 4) is 0 Å². The van der Waals surface area contributed by atoms with Crippen LogP contribution in [0.15, 0.2) is 47.4 Å². The van der Waals surface area contributed by atoms with E-state index < -0.39 is 10.0 Å². The highest BCUT2D eigenvalue weighted by molar-refractivity contribution is 7.89. The van der Waals surface area contributed by atoms with Crippen molar-refractivity contribution >= 4 is 15.7 Å². The highest BCUT2D eigenvalue weighted by atomic mass is 32.2. The molecule has 2 heterocycles. The molecule has 3 rings (SSSR count). The Morgan fingerprint density at radius 2 is 1.81 bits per heavy atom. The van der Waals surface area contributed by atoms with Crippen molar-refractivity contribution in [3.05, 3.63) is 53.9 Å². The Morgan fingerprint density at radius 1 is 1.11 bits per heavy atom. The largest absolute Gasteiger partial charge is 0.388 e. The number of hydrogen-bond donors (Lipinski definition) is 2. The van der Waals surface area contributed by atoms with Crippen molar-refractivity contribution < 1.29 is 8.42 Å². The summed E-state index contributed by atoms with van der Waals surface area (Å²) in [5, 5.41) is 2.99. The zero-order chi connectivity index (χ0) is 19.3. The number of rotatable bonds is 7. The van der Waals surface area contributed by atoms with Crippen LogP contribution < -0.4 is 10.0 Å². The van der Waals surface area contributed by atoms with Crippen LogP contribution in [0.5, 0.6) is 0 Å². The Bertz CT molecular complexity index is 845. The summed E-state index contributed by atoms with van der Waals surface area (Å²) in [6.45, 7) is 4.77. The molecule has 1 aromatic carbocycles. The summed E-state index contributed by atoms with van der Waals surface area (Å²) in [7, 11) is -1.66. The molecule has 0 aliphatic carbocycles. The molecule has 0 radical (unpaired) electrons. The van der Waals surface area contributed by atoms with Crippen molar-refractivity contribution in [2.45, 2.75) is 37.1 Å². The van der Waals surface area contributed by atoms with Gasteiger partial charge in [0.2, 0.25) is 10.0 Å². The van der Waals surface area contributed by atoms with E-state index in [1.165, 1.54) is 0 Å². The number of aromatic nitrogens is 1. The van der Waals surface area contributed by atoms with Crippen LogP contribution in [0.2, 0.25) is 0 Å². The van der Waals surface area contributed by atoms with E-state index in [4.69, 9.17) is 0 Å². The van der Waals surface area contributed by atoms with Crippen LogP contribution in [0, 0.1) is 6.92 Å². The van der Waals surface area contributed by atoms with E-state index in [2.05, 4.69) is 26.0 Å². The topological polar surface area (TPSA) is 74.3 Å². The molecular weight excluding hydrogens is 360 g/mol. The van der Waals surface area contributed by atoms with Crippen molar-refractivity contribution in [2.24, 2.45) is 0 Å². The average Bonchev–Trinajstić information content (AvgIpc) is 2.67. The first kappa shape index (κ1) is 19.8. The van der Waals surface area contributed by atoms with Crippen LogP contribution in [0.1, 0.15) is 24.2 Å². The minimum Gasteiger partial charge on any atom is -0.388 e. The van der Waals surface area contributed by atoms with Crippen molar-refractivity contribution in [3.63, 3.8) is 0 Å². The quantitative estimate of drug-likeness (QED) is 0.762. The molecule has 1 fully saturated rings. The molecule has 0 unspecified atom stereocenters.